The summed E-state index contributed by atoms with van der Waals surface area (Å²) in [5.41, 5.74) is 2.76. The maximum atomic E-state index is 3.73. The van der Waals surface area contributed by atoms with Gasteiger partial charge in [0.1, 0.15) is 0 Å². The standard InChI is InChI=1S/C18H23N/c1-3-18(14-16-10-6-4-7-11-16)19-15(2)17-12-8-5-9-13-17/h4-13,15,18-19H,3,14H2,1-2H3/t15-,18+/m0/s1. The monoisotopic (exact) mass is 253 g/mol. The SMILES string of the molecule is CC[C@H](Cc1ccccc1)N[C@@H](C)c1ccccc1. The van der Waals surface area contributed by atoms with Crippen molar-refractivity contribution in [1.29, 1.82) is 0 Å². The van der Waals surface area contributed by atoms with Gasteiger partial charge in [0, 0.05) is 12.1 Å². The van der Waals surface area contributed by atoms with Crippen LogP contribution < -0.4 is 5.32 Å². The van der Waals surface area contributed by atoms with Crippen LogP contribution in [-0.4, -0.2) is 6.04 Å². The Bertz CT molecular complexity index is 464. The normalized spacial score (nSPS) is 14.0. The van der Waals surface area contributed by atoms with Crippen molar-refractivity contribution in [2.45, 2.75) is 38.8 Å². The maximum Gasteiger partial charge on any atom is 0.0294 e. The Morgan fingerprint density at radius 1 is 0.895 bits per heavy atom. The van der Waals surface area contributed by atoms with Gasteiger partial charge in [0.15, 0.2) is 0 Å². The third-order valence-electron chi connectivity index (χ3n) is 3.60. The molecule has 2 aromatic rings. The molecule has 0 aromatic heterocycles. The second-order valence-corrected chi connectivity index (χ2v) is 5.09. The first-order valence-corrected chi connectivity index (χ1v) is 7.14. The third-order valence-corrected chi connectivity index (χ3v) is 3.60. The van der Waals surface area contributed by atoms with Crippen molar-refractivity contribution in [2.75, 3.05) is 0 Å². The van der Waals surface area contributed by atoms with Crippen molar-refractivity contribution < 1.29 is 0 Å². The molecule has 0 bridgehead atoms. The van der Waals surface area contributed by atoms with E-state index < -0.39 is 0 Å². The molecule has 0 unspecified atom stereocenters. The average Bonchev–Trinajstić information content (AvgIpc) is 2.48. The molecule has 0 aliphatic heterocycles. The van der Waals surface area contributed by atoms with Crippen LogP contribution in [-0.2, 0) is 6.42 Å². The van der Waals surface area contributed by atoms with Crippen LogP contribution in [0, 0.1) is 0 Å². The van der Waals surface area contributed by atoms with E-state index in [9.17, 15) is 0 Å². The molecule has 1 N–H and O–H groups in total. The average molecular weight is 253 g/mol. The maximum absolute atomic E-state index is 3.73. The van der Waals surface area contributed by atoms with Crippen LogP contribution in [0.5, 0.6) is 0 Å². The van der Waals surface area contributed by atoms with Gasteiger partial charge in [-0.2, -0.15) is 0 Å². The number of hydrogen-bond donors (Lipinski definition) is 1. The Morgan fingerprint density at radius 3 is 2.05 bits per heavy atom. The fraction of sp³-hybridized carbons (Fsp3) is 0.333. The Labute approximate surface area is 116 Å². The van der Waals surface area contributed by atoms with Crippen LogP contribution in [0.1, 0.15) is 37.4 Å². The van der Waals surface area contributed by atoms with E-state index in [1.54, 1.807) is 0 Å². The summed E-state index contributed by atoms with van der Waals surface area (Å²) >= 11 is 0. The van der Waals surface area contributed by atoms with Gasteiger partial charge >= 0.3 is 0 Å². The molecule has 0 saturated heterocycles. The molecule has 0 fully saturated rings. The van der Waals surface area contributed by atoms with E-state index in [0.29, 0.717) is 12.1 Å². The summed E-state index contributed by atoms with van der Waals surface area (Å²) < 4.78 is 0. The van der Waals surface area contributed by atoms with Gasteiger partial charge in [-0.15, -0.1) is 0 Å². The summed E-state index contributed by atoms with van der Waals surface area (Å²) in [6, 6.07) is 22.3. The highest BCUT2D eigenvalue weighted by Gasteiger charge is 2.12. The van der Waals surface area contributed by atoms with E-state index in [1.165, 1.54) is 11.1 Å². The van der Waals surface area contributed by atoms with Crippen molar-refractivity contribution in [1.82, 2.24) is 5.32 Å². The summed E-state index contributed by atoms with van der Waals surface area (Å²) in [5.74, 6) is 0. The summed E-state index contributed by atoms with van der Waals surface area (Å²) in [4.78, 5) is 0. The van der Waals surface area contributed by atoms with Crippen LogP contribution in [0.2, 0.25) is 0 Å². The van der Waals surface area contributed by atoms with Crippen LogP contribution in [0.25, 0.3) is 0 Å². The minimum atomic E-state index is 0.398. The number of rotatable bonds is 6. The van der Waals surface area contributed by atoms with Crippen LogP contribution >= 0.6 is 0 Å². The van der Waals surface area contributed by atoms with Crippen molar-refractivity contribution in [3.63, 3.8) is 0 Å². The second-order valence-electron chi connectivity index (χ2n) is 5.09. The largest absolute Gasteiger partial charge is 0.307 e. The Balaban J connectivity index is 1.96. The lowest BCUT2D eigenvalue weighted by atomic mass is 10.0. The molecule has 2 rings (SSSR count). The molecular formula is C18H23N. The van der Waals surface area contributed by atoms with Crippen molar-refractivity contribution in [2.24, 2.45) is 0 Å². The minimum Gasteiger partial charge on any atom is -0.307 e. The number of hydrogen-bond acceptors (Lipinski definition) is 1. The van der Waals surface area contributed by atoms with E-state index in [0.717, 1.165) is 12.8 Å². The van der Waals surface area contributed by atoms with E-state index in [4.69, 9.17) is 0 Å². The van der Waals surface area contributed by atoms with Crippen molar-refractivity contribution >= 4 is 0 Å². The first-order chi connectivity index (χ1) is 9.29. The first kappa shape index (κ1) is 13.8. The van der Waals surface area contributed by atoms with Gasteiger partial charge in [0.2, 0.25) is 0 Å². The number of nitrogens with one attached hydrogen (secondary N) is 1. The van der Waals surface area contributed by atoms with Crippen LogP contribution in [0.15, 0.2) is 60.7 Å². The zero-order valence-corrected chi connectivity index (χ0v) is 11.8. The van der Waals surface area contributed by atoms with E-state index in [2.05, 4.69) is 79.8 Å². The highest BCUT2D eigenvalue weighted by Crippen LogP contribution is 2.14. The van der Waals surface area contributed by atoms with Gasteiger partial charge in [0.05, 0.1) is 0 Å². The zero-order valence-electron chi connectivity index (χ0n) is 11.8. The molecule has 0 spiro atoms. The molecule has 0 heterocycles. The Hall–Kier alpha value is -1.60. The van der Waals surface area contributed by atoms with Gasteiger partial charge in [-0.1, -0.05) is 67.6 Å². The lowest BCUT2D eigenvalue weighted by Crippen LogP contribution is -2.32. The predicted octanol–water partition coefficient (Wildman–Crippen LogP) is 4.36. The van der Waals surface area contributed by atoms with Gasteiger partial charge in [-0.05, 0) is 30.9 Å². The minimum absolute atomic E-state index is 0.398. The van der Waals surface area contributed by atoms with Crippen LogP contribution in [0.3, 0.4) is 0 Å². The van der Waals surface area contributed by atoms with Crippen molar-refractivity contribution in [3.8, 4) is 0 Å². The quantitative estimate of drug-likeness (QED) is 0.806. The third kappa shape index (κ3) is 4.22. The van der Waals surface area contributed by atoms with Gasteiger partial charge in [-0.3, -0.25) is 0 Å². The highest BCUT2D eigenvalue weighted by atomic mass is 14.9. The molecule has 2 aromatic carbocycles. The van der Waals surface area contributed by atoms with Crippen LogP contribution in [0.4, 0.5) is 0 Å². The van der Waals surface area contributed by atoms with E-state index >= 15 is 0 Å². The molecule has 0 amide bonds. The lowest BCUT2D eigenvalue weighted by Gasteiger charge is -2.22. The molecule has 0 radical (unpaired) electrons. The number of benzene rings is 2. The summed E-state index contributed by atoms with van der Waals surface area (Å²) in [6.07, 6.45) is 2.24. The molecule has 0 aliphatic rings. The molecule has 0 saturated carbocycles. The van der Waals surface area contributed by atoms with Gasteiger partial charge in [-0.25, -0.2) is 0 Å². The van der Waals surface area contributed by atoms with Gasteiger partial charge < -0.3 is 5.32 Å². The summed E-state index contributed by atoms with van der Waals surface area (Å²) in [5, 5.41) is 3.73. The fourth-order valence-electron chi connectivity index (χ4n) is 2.41. The van der Waals surface area contributed by atoms with Crippen molar-refractivity contribution in [3.05, 3.63) is 71.8 Å². The predicted molar refractivity (Wildman–Crippen MR) is 82.2 cm³/mol. The zero-order chi connectivity index (χ0) is 13.5. The van der Waals surface area contributed by atoms with E-state index in [1.807, 2.05) is 0 Å². The lowest BCUT2D eigenvalue weighted by molar-refractivity contribution is 0.440. The summed E-state index contributed by atoms with van der Waals surface area (Å²) in [7, 11) is 0. The Morgan fingerprint density at radius 2 is 1.47 bits per heavy atom. The molecule has 1 heteroatoms. The fourth-order valence-corrected chi connectivity index (χ4v) is 2.41. The molecule has 19 heavy (non-hydrogen) atoms. The first-order valence-electron chi connectivity index (χ1n) is 7.14. The van der Waals surface area contributed by atoms with E-state index in [-0.39, 0.29) is 0 Å². The smallest absolute Gasteiger partial charge is 0.0294 e. The summed E-state index contributed by atoms with van der Waals surface area (Å²) in [6.45, 7) is 4.49. The molecular weight excluding hydrogens is 230 g/mol. The molecule has 2 atom stereocenters. The molecule has 1 nitrogen and oxygen atoms in total. The molecule has 0 aliphatic carbocycles. The molecule has 100 valence electrons. The highest BCUT2D eigenvalue weighted by molar-refractivity contribution is 5.19. The second kappa shape index (κ2) is 7.10. The Kier molecular flexibility index (Phi) is 5.17. The van der Waals surface area contributed by atoms with Gasteiger partial charge in [0.25, 0.3) is 0 Å². The topological polar surface area (TPSA) is 12.0 Å².